The molecule has 72 valence electrons. The van der Waals surface area contributed by atoms with Crippen LogP contribution in [0.4, 0.5) is 0 Å². The molecular weight excluding hydrogens is 164 g/mol. The largest absolute Gasteiger partial charge is 0.394 e. The number of aliphatic hydroxyl groups excluding tert-OH is 4. The maximum Gasteiger partial charge on any atom is 0.111 e. The quantitative estimate of drug-likeness (QED) is 0.367. The molecule has 1 rings (SSSR count). The molecule has 12 heavy (non-hydrogen) atoms. The number of hydrogen-bond donors (Lipinski definition) is 4. The fourth-order valence-electron chi connectivity index (χ4n) is 1.29. The van der Waals surface area contributed by atoms with E-state index in [2.05, 4.69) is 0 Å². The zero-order chi connectivity index (χ0) is 9.30. The Hall–Kier alpha value is -0.200. The van der Waals surface area contributed by atoms with E-state index in [1.807, 2.05) is 0 Å². The Kier molecular flexibility index (Phi) is 3.03. The molecule has 0 amide bonds. The van der Waals surface area contributed by atoms with Gasteiger partial charge in [-0.3, -0.25) is 0 Å². The first-order valence-electron chi connectivity index (χ1n) is 3.88. The minimum absolute atomic E-state index is 0.366. The van der Waals surface area contributed by atoms with Crippen LogP contribution in [0.25, 0.3) is 0 Å². The van der Waals surface area contributed by atoms with Crippen LogP contribution in [0.1, 0.15) is 6.92 Å². The van der Waals surface area contributed by atoms with Crippen molar-refractivity contribution in [3.8, 4) is 0 Å². The summed E-state index contributed by atoms with van der Waals surface area (Å²) >= 11 is 0. The van der Waals surface area contributed by atoms with Crippen LogP contribution in [0, 0.1) is 0 Å². The summed E-state index contributed by atoms with van der Waals surface area (Å²) in [7, 11) is 0. The Balaban J connectivity index is 2.63. The third-order valence-corrected chi connectivity index (χ3v) is 2.13. The fourth-order valence-corrected chi connectivity index (χ4v) is 1.29. The van der Waals surface area contributed by atoms with E-state index in [4.69, 9.17) is 9.84 Å². The first kappa shape index (κ1) is 9.88. The summed E-state index contributed by atoms with van der Waals surface area (Å²) in [6, 6.07) is 0. The summed E-state index contributed by atoms with van der Waals surface area (Å²) in [5.41, 5.74) is 0. The molecule has 0 radical (unpaired) electrons. The molecule has 4 N–H and O–H groups in total. The first-order valence-corrected chi connectivity index (χ1v) is 3.88. The van der Waals surface area contributed by atoms with Gasteiger partial charge < -0.3 is 25.2 Å². The van der Waals surface area contributed by atoms with Crippen molar-refractivity contribution in [3.05, 3.63) is 0 Å². The lowest BCUT2D eigenvalue weighted by Crippen LogP contribution is -2.57. The van der Waals surface area contributed by atoms with Crippen molar-refractivity contribution in [1.29, 1.82) is 0 Å². The maximum absolute atomic E-state index is 9.23. The molecule has 5 atom stereocenters. The Labute approximate surface area is 70.2 Å². The molecule has 1 fully saturated rings. The molecule has 0 aliphatic carbocycles. The third-order valence-electron chi connectivity index (χ3n) is 2.13. The van der Waals surface area contributed by atoms with Crippen molar-refractivity contribution >= 4 is 0 Å². The molecule has 5 heteroatoms. The van der Waals surface area contributed by atoms with E-state index < -0.39 is 30.5 Å². The van der Waals surface area contributed by atoms with Crippen molar-refractivity contribution in [2.75, 3.05) is 6.61 Å². The van der Waals surface area contributed by atoms with Gasteiger partial charge >= 0.3 is 0 Å². The molecule has 1 heterocycles. The Morgan fingerprint density at radius 3 is 2.17 bits per heavy atom. The zero-order valence-electron chi connectivity index (χ0n) is 6.79. The van der Waals surface area contributed by atoms with Crippen LogP contribution in [0.15, 0.2) is 0 Å². The predicted molar refractivity (Wildman–Crippen MR) is 39.4 cm³/mol. The van der Waals surface area contributed by atoms with Gasteiger partial charge in [0.05, 0.1) is 12.7 Å². The van der Waals surface area contributed by atoms with Gasteiger partial charge in [-0.05, 0) is 6.92 Å². The van der Waals surface area contributed by atoms with Crippen molar-refractivity contribution in [3.63, 3.8) is 0 Å². The molecule has 5 nitrogen and oxygen atoms in total. The average Bonchev–Trinajstić information content (AvgIpc) is 2.08. The summed E-state index contributed by atoms with van der Waals surface area (Å²) in [6.45, 7) is 1.21. The highest BCUT2D eigenvalue weighted by molar-refractivity contribution is 4.89. The Morgan fingerprint density at radius 1 is 1.08 bits per heavy atom. The van der Waals surface area contributed by atoms with E-state index in [1.54, 1.807) is 6.92 Å². The molecule has 1 aliphatic rings. The van der Waals surface area contributed by atoms with Gasteiger partial charge in [0.15, 0.2) is 0 Å². The monoisotopic (exact) mass is 178 g/mol. The highest BCUT2D eigenvalue weighted by atomic mass is 16.5. The van der Waals surface area contributed by atoms with E-state index in [1.165, 1.54) is 0 Å². The summed E-state index contributed by atoms with van der Waals surface area (Å²) in [5.74, 6) is 0. The lowest BCUT2D eigenvalue weighted by Gasteiger charge is -2.38. The highest BCUT2D eigenvalue weighted by Gasteiger charge is 2.41. The second-order valence-corrected chi connectivity index (χ2v) is 3.03. The smallest absolute Gasteiger partial charge is 0.111 e. The SMILES string of the molecule is C[C@@H]1O[C@H](CO)[C@@H](O)[C@@H](O)[C@H]1O. The molecule has 1 saturated heterocycles. The summed E-state index contributed by atoms with van der Waals surface area (Å²) in [6.07, 6.45) is -4.94. The predicted octanol–water partition coefficient (Wildman–Crippen LogP) is -2.15. The fraction of sp³-hybridized carbons (Fsp3) is 1.00. The Bertz CT molecular complexity index is 146. The number of ether oxygens (including phenoxy) is 1. The van der Waals surface area contributed by atoms with Crippen LogP contribution in [0.3, 0.4) is 0 Å². The second-order valence-electron chi connectivity index (χ2n) is 3.03. The topological polar surface area (TPSA) is 90.2 Å². The standard InChI is InChI=1S/C7H14O5/c1-3-5(9)7(11)6(10)4(2-8)12-3/h3-11H,2H2,1H3/t3-,4+,5-,6+,7-/m0/s1. The van der Waals surface area contributed by atoms with Gasteiger partial charge in [0.2, 0.25) is 0 Å². The van der Waals surface area contributed by atoms with Crippen molar-refractivity contribution < 1.29 is 25.2 Å². The lowest BCUT2D eigenvalue weighted by molar-refractivity contribution is -0.224. The molecular formula is C7H14O5. The van der Waals surface area contributed by atoms with Gasteiger partial charge in [0.25, 0.3) is 0 Å². The van der Waals surface area contributed by atoms with Crippen molar-refractivity contribution in [1.82, 2.24) is 0 Å². The lowest BCUT2D eigenvalue weighted by atomic mass is 9.96. The van der Waals surface area contributed by atoms with Crippen LogP contribution in [0.2, 0.25) is 0 Å². The van der Waals surface area contributed by atoms with Crippen LogP contribution in [0.5, 0.6) is 0 Å². The third kappa shape index (κ3) is 1.60. The van der Waals surface area contributed by atoms with E-state index in [0.29, 0.717) is 0 Å². The molecule has 0 bridgehead atoms. The molecule has 0 aromatic carbocycles. The Morgan fingerprint density at radius 2 is 1.67 bits per heavy atom. The summed E-state index contributed by atoms with van der Waals surface area (Å²) < 4.78 is 5.02. The summed E-state index contributed by atoms with van der Waals surface area (Å²) in [4.78, 5) is 0. The van der Waals surface area contributed by atoms with E-state index in [0.717, 1.165) is 0 Å². The first-order chi connectivity index (χ1) is 5.57. The van der Waals surface area contributed by atoms with Crippen molar-refractivity contribution in [2.45, 2.75) is 37.4 Å². The second kappa shape index (κ2) is 3.68. The molecule has 1 aliphatic heterocycles. The average molecular weight is 178 g/mol. The van der Waals surface area contributed by atoms with Gasteiger partial charge in [0, 0.05) is 0 Å². The molecule has 0 spiro atoms. The molecule has 0 unspecified atom stereocenters. The van der Waals surface area contributed by atoms with E-state index in [-0.39, 0.29) is 6.61 Å². The molecule has 0 aromatic heterocycles. The van der Waals surface area contributed by atoms with Crippen LogP contribution in [-0.2, 0) is 4.74 Å². The molecule has 0 saturated carbocycles. The van der Waals surface area contributed by atoms with Gasteiger partial charge in [-0.15, -0.1) is 0 Å². The van der Waals surface area contributed by atoms with Gasteiger partial charge in [0.1, 0.15) is 24.4 Å². The van der Waals surface area contributed by atoms with Crippen LogP contribution >= 0.6 is 0 Å². The minimum Gasteiger partial charge on any atom is -0.394 e. The van der Waals surface area contributed by atoms with Crippen LogP contribution in [-0.4, -0.2) is 57.6 Å². The number of rotatable bonds is 1. The molecule has 0 aromatic rings. The van der Waals surface area contributed by atoms with E-state index in [9.17, 15) is 15.3 Å². The normalized spacial score (nSPS) is 49.2. The number of aliphatic hydroxyl groups is 4. The minimum atomic E-state index is -1.24. The summed E-state index contributed by atoms with van der Waals surface area (Å²) in [5, 5.41) is 36.4. The van der Waals surface area contributed by atoms with Crippen LogP contribution < -0.4 is 0 Å². The zero-order valence-corrected chi connectivity index (χ0v) is 6.79. The number of hydrogen-bond acceptors (Lipinski definition) is 5. The van der Waals surface area contributed by atoms with E-state index >= 15 is 0 Å². The maximum atomic E-state index is 9.23. The van der Waals surface area contributed by atoms with Gasteiger partial charge in [-0.25, -0.2) is 0 Å². The van der Waals surface area contributed by atoms with Gasteiger partial charge in [-0.1, -0.05) is 0 Å². The van der Waals surface area contributed by atoms with Gasteiger partial charge in [-0.2, -0.15) is 0 Å². The van der Waals surface area contributed by atoms with Crippen molar-refractivity contribution in [2.24, 2.45) is 0 Å². The highest BCUT2D eigenvalue weighted by Crippen LogP contribution is 2.20.